The maximum absolute atomic E-state index is 10.8. The van der Waals surface area contributed by atoms with Gasteiger partial charge < -0.3 is 10.3 Å². The molecule has 0 atom stereocenters. The summed E-state index contributed by atoms with van der Waals surface area (Å²) in [4.78, 5) is 17.7. The number of aromatic nitrogens is 2. The van der Waals surface area contributed by atoms with Gasteiger partial charge in [0.2, 0.25) is 11.2 Å². The molecule has 0 radical (unpaired) electrons. The molecule has 1 aromatic carbocycles. The normalized spacial score (nSPS) is 10.4. The number of anilines is 1. The molecule has 2 rings (SSSR count). The standard InChI is InChI=1S/C9H8ClN3O/c1-5(14)11-6-2-3-7-8(4-6)13-9(10)12-7/h2-4H,1H3,(H,11,14)(H,12,13). The minimum Gasteiger partial charge on any atom is -0.329 e. The molecule has 2 N–H and O–H groups in total. The number of amides is 1. The van der Waals surface area contributed by atoms with Gasteiger partial charge in [-0.2, -0.15) is 0 Å². The lowest BCUT2D eigenvalue weighted by molar-refractivity contribution is -0.114. The van der Waals surface area contributed by atoms with Gasteiger partial charge in [-0.25, -0.2) is 4.98 Å². The molecule has 0 spiro atoms. The van der Waals surface area contributed by atoms with Crippen LogP contribution in [0.1, 0.15) is 6.92 Å². The molecule has 0 saturated heterocycles. The molecule has 5 heteroatoms. The second-order valence-corrected chi connectivity index (χ2v) is 3.30. The van der Waals surface area contributed by atoms with E-state index in [1.165, 1.54) is 6.92 Å². The number of fused-ring (bicyclic) bond motifs is 1. The number of H-pyrrole nitrogens is 1. The third-order valence-corrected chi connectivity index (χ3v) is 1.95. The molecule has 0 bridgehead atoms. The molecule has 2 aromatic rings. The second-order valence-electron chi connectivity index (χ2n) is 2.94. The molecule has 14 heavy (non-hydrogen) atoms. The van der Waals surface area contributed by atoms with Crippen LogP contribution in [0, 0.1) is 0 Å². The summed E-state index contributed by atoms with van der Waals surface area (Å²) in [6.45, 7) is 1.46. The molecule has 0 aliphatic rings. The van der Waals surface area contributed by atoms with Crippen LogP contribution >= 0.6 is 11.6 Å². The lowest BCUT2D eigenvalue weighted by Crippen LogP contribution is -2.05. The van der Waals surface area contributed by atoms with E-state index in [1.54, 1.807) is 18.2 Å². The maximum atomic E-state index is 10.8. The number of hydrogen-bond donors (Lipinski definition) is 2. The van der Waals surface area contributed by atoms with Crippen LogP contribution in [-0.4, -0.2) is 15.9 Å². The zero-order chi connectivity index (χ0) is 10.1. The molecule has 0 aliphatic carbocycles. The first kappa shape index (κ1) is 9.02. The summed E-state index contributed by atoms with van der Waals surface area (Å²) in [6, 6.07) is 5.36. The molecule has 0 aliphatic heterocycles. The average Bonchev–Trinajstić information content (AvgIpc) is 2.42. The Morgan fingerprint density at radius 2 is 2.36 bits per heavy atom. The Morgan fingerprint density at radius 1 is 1.57 bits per heavy atom. The van der Waals surface area contributed by atoms with Crippen molar-refractivity contribution < 1.29 is 4.79 Å². The highest BCUT2D eigenvalue weighted by atomic mass is 35.5. The van der Waals surface area contributed by atoms with E-state index in [-0.39, 0.29) is 5.91 Å². The Labute approximate surface area is 85.3 Å². The van der Waals surface area contributed by atoms with Crippen LogP contribution in [-0.2, 0) is 4.79 Å². The van der Waals surface area contributed by atoms with Crippen molar-refractivity contribution in [2.45, 2.75) is 6.92 Å². The number of halogens is 1. The van der Waals surface area contributed by atoms with Gasteiger partial charge in [-0.15, -0.1) is 0 Å². The molecule has 0 fully saturated rings. The van der Waals surface area contributed by atoms with Crippen molar-refractivity contribution in [3.63, 3.8) is 0 Å². The van der Waals surface area contributed by atoms with Gasteiger partial charge in [0, 0.05) is 12.6 Å². The molecule has 0 saturated carbocycles. The van der Waals surface area contributed by atoms with Crippen LogP contribution in [0.3, 0.4) is 0 Å². The summed E-state index contributed by atoms with van der Waals surface area (Å²) >= 11 is 5.69. The summed E-state index contributed by atoms with van der Waals surface area (Å²) in [6.07, 6.45) is 0. The van der Waals surface area contributed by atoms with Crippen molar-refractivity contribution in [2.24, 2.45) is 0 Å². The highest BCUT2D eigenvalue weighted by molar-refractivity contribution is 6.29. The minimum absolute atomic E-state index is 0.102. The number of nitrogens with one attached hydrogen (secondary N) is 2. The topological polar surface area (TPSA) is 57.8 Å². The summed E-state index contributed by atoms with van der Waals surface area (Å²) in [5.41, 5.74) is 2.32. The highest BCUT2D eigenvalue weighted by Gasteiger charge is 2.02. The fourth-order valence-electron chi connectivity index (χ4n) is 1.26. The summed E-state index contributed by atoms with van der Waals surface area (Å²) in [5, 5.41) is 3.02. The Kier molecular flexibility index (Phi) is 2.13. The van der Waals surface area contributed by atoms with Crippen LogP contribution in [0.15, 0.2) is 18.2 Å². The molecule has 1 aromatic heterocycles. The van der Waals surface area contributed by atoms with E-state index in [0.717, 1.165) is 16.7 Å². The number of hydrogen-bond acceptors (Lipinski definition) is 2. The summed E-state index contributed by atoms with van der Waals surface area (Å²) in [7, 11) is 0. The number of rotatable bonds is 1. The number of carbonyl (C=O) groups is 1. The van der Waals surface area contributed by atoms with Crippen molar-refractivity contribution in [3.8, 4) is 0 Å². The smallest absolute Gasteiger partial charge is 0.221 e. The Hall–Kier alpha value is -1.55. The third kappa shape index (κ3) is 1.70. The first-order valence-electron chi connectivity index (χ1n) is 4.08. The van der Waals surface area contributed by atoms with E-state index in [4.69, 9.17) is 11.6 Å². The van der Waals surface area contributed by atoms with Crippen molar-refractivity contribution in [1.82, 2.24) is 9.97 Å². The molecule has 4 nitrogen and oxygen atoms in total. The van der Waals surface area contributed by atoms with Crippen molar-refractivity contribution in [3.05, 3.63) is 23.5 Å². The van der Waals surface area contributed by atoms with E-state index in [1.807, 2.05) is 0 Å². The lowest BCUT2D eigenvalue weighted by Gasteiger charge is -2.00. The number of aromatic amines is 1. The second kappa shape index (κ2) is 3.31. The van der Waals surface area contributed by atoms with E-state index < -0.39 is 0 Å². The molecule has 0 unspecified atom stereocenters. The Balaban J connectivity index is 2.45. The molecule has 1 amide bonds. The molecular formula is C9H8ClN3O. The largest absolute Gasteiger partial charge is 0.329 e. The van der Waals surface area contributed by atoms with Crippen molar-refractivity contribution in [2.75, 3.05) is 5.32 Å². The fraction of sp³-hybridized carbons (Fsp3) is 0.111. The van der Waals surface area contributed by atoms with Crippen LogP contribution in [0.2, 0.25) is 5.28 Å². The van der Waals surface area contributed by atoms with Crippen LogP contribution < -0.4 is 5.32 Å². The highest BCUT2D eigenvalue weighted by Crippen LogP contribution is 2.18. The Bertz CT molecular complexity index is 492. The zero-order valence-corrected chi connectivity index (χ0v) is 8.22. The third-order valence-electron chi connectivity index (χ3n) is 1.77. The van der Waals surface area contributed by atoms with Gasteiger partial charge in [-0.1, -0.05) is 0 Å². The predicted octanol–water partition coefficient (Wildman–Crippen LogP) is 2.17. The van der Waals surface area contributed by atoms with Crippen molar-refractivity contribution in [1.29, 1.82) is 0 Å². The number of nitrogens with zero attached hydrogens (tertiary/aromatic N) is 1. The molecule has 1 heterocycles. The van der Waals surface area contributed by atoms with Gasteiger partial charge in [0.1, 0.15) is 0 Å². The van der Waals surface area contributed by atoms with Gasteiger partial charge in [0.15, 0.2) is 0 Å². The van der Waals surface area contributed by atoms with Crippen molar-refractivity contribution >= 4 is 34.2 Å². The van der Waals surface area contributed by atoms with Gasteiger partial charge in [-0.3, -0.25) is 4.79 Å². The van der Waals surface area contributed by atoms with Gasteiger partial charge in [-0.05, 0) is 29.8 Å². The maximum Gasteiger partial charge on any atom is 0.221 e. The summed E-state index contributed by atoms with van der Waals surface area (Å²) in [5.74, 6) is -0.102. The summed E-state index contributed by atoms with van der Waals surface area (Å²) < 4.78 is 0. The Morgan fingerprint density at radius 3 is 3.07 bits per heavy atom. The van der Waals surface area contributed by atoms with E-state index in [2.05, 4.69) is 15.3 Å². The molecule has 72 valence electrons. The first-order valence-corrected chi connectivity index (χ1v) is 4.46. The number of carbonyl (C=O) groups excluding carboxylic acids is 1. The molecular weight excluding hydrogens is 202 g/mol. The van der Waals surface area contributed by atoms with Crippen LogP contribution in [0.4, 0.5) is 5.69 Å². The van der Waals surface area contributed by atoms with E-state index in [0.29, 0.717) is 5.28 Å². The fourth-order valence-corrected chi connectivity index (χ4v) is 1.45. The van der Waals surface area contributed by atoms with Crippen LogP contribution in [0.25, 0.3) is 11.0 Å². The monoisotopic (exact) mass is 209 g/mol. The first-order chi connectivity index (χ1) is 6.65. The number of imidazole rings is 1. The average molecular weight is 210 g/mol. The predicted molar refractivity (Wildman–Crippen MR) is 55.4 cm³/mol. The van der Waals surface area contributed by atoms with Gasteiger partial charge >= 0.3 is 0 Å². The van der Waals surface area contributed by atoms with Gasteiger partial charge in [0.25, 0.3) is 0 Å². The quantitative estimate of drug-likeness (QED) is 0.756. The van der Waals surface area contributed by atoms with Gasteiger partial charge in [0.05, 0.1) is 11.0 Å². The van der Waals surface area contributed by atoms with Crippen LogP contribution in [0.5, 0.6) is 0 Å². The lowest BCUT2D eigenvalue weighted by atomic mass is 10.3. The zero-order valence-electron chi connectivity index (χ0n) is 7.47. The van der Waals surface area contributed by atoms with E-state index in [9.17, 15) is 4.79 Å². The van der Waals surface area contributed by atoms with E-state index >= 15 is 0 Å². The minimum atomic E-state index is -0.102. The number of benzene rings is 1. The SMILES string of the molecule is CC(=O)Nc1ccc2nc(Cl)[nH]c2c1.